The van der Waals surface area contributed by atoms with Crippen LogP contribution < -0.4 is 19.5 Å². The Labute approximate surface area is 157 Å². The lowest BCUT2D eigenvalue weighted by molar-refractivity contribution is 0.322. The molecule has 2 aromatic carbocycles. The van der Waals surface area contributed by atoms with Crippen LogP contribution in [0.4, 0.5) is 5.82 Å². The fraction of sp³-hybridized carbons (Fsp3) is 0.190. The number of methoxy groups -OCH3 is 3. The molecule has 0 aliphatic carbocycles. The molecule has 2 heterocycles. The van der Waals surface area contributed by atoms with Gasteiger partial charge in [0.25, 0.3) is 0 Å². The number of hydrogen-bond acceptors (Lipinski definition) is 5. The highest BCUT2D eigenvalue weighted by molar-refractivity contribution is 6.07. The predicted octanol–water partition coefficient (Wildman–Crippen LogP) is 4.35. The minimum Gasteiger partial charge on any atom is -0.493 e. The minimum atomic E-state index is 0.546. The van der Waals surface area contributed by atoms with Gasteiger partial charge in [0.05, 0.1) is 33.0 Å². The molecule has 2 aromatic heterocycles. The molecule has 0 amide bonds. The van der Waals surface area contributed by atoms with E-state index in [0.29, 0.717) is 23.8 Å². The van der Waals surface area contributed by atoms with Crippen LogP contribution in [-0.4, -0.2) is 31.3 Å². The third-order valence-electron chi connectivity index (χ3n) is 4.64. The summed E-state index contributed by atoms with van der Waals surface area (Å²) in [4.78, 5) is 7.89. The van der Waals surface area contributed by atoms with Crippen LogP contribution in [0.2, 0.25) is 0 Å². The molecular weight excluding hydrogens is 342 g/mol. The summed E-state index contributed by atoms with van der Waals surface area (Å²) in [5.41, 5.74) is 3.08. The highest BCUT2D eigenvalue weighted by Crippen LogP contribution is 2.40. The molecule has 0 saturated carbocycles. The number of para-hydroxylation sites is 1. The number of rotatable bonds is 6. The van der Waals surface area contributed by atoms with Crippen molar-refractivity contribution >= 4 is 27.6 Å². The van der Waals surface area contributed by atoms with E-state index in [-0.39, 0.29) is 0 Å². The molecule has 0 saturated heterocycles. The molecule has 0 radical (unpaired) electrons. The number of anilines is 1. The van der Waals surface area contributed by atoms with Gasteiger partial charge in [-0.15, -0.1) is 0 Å². The molecule has 0 unspecified atom stereocenters. The standard InChI is InChI=1S/C21H21N3O3/c1-25-18-9-8-13(20(26-2)21(18)27-3)11-22-19-10-15-14-6-4-5-7-16(14)24-17(15)12-23-19/h4-10,12,24H,11H2,1-3H3,(H,22,23). The number of hydrogen-bond donors (Lipinski definition) is 2. The fourth-order valence-corrected chi connectivity index (χ4v) is 3.33. The maximum atomic E-state index is 5.54. The molecule has 0 spiro atoms. The lowest BCUT2D eigenvalue weighted by Gasteiger charge is -2.16. The SMILES string of the molecule is COc1ccc(CNc2cc3c(cn2)[nH]c2ccccc23)c(OC)c1OC. The van der Waals surface area contributed by atoms with Crippen LogP contribution in [0, 0.1) is 0 Å². The lowest BCUT2D eigenvalue weighted by atomic mass is 10.1. The Bertz CT molecular complexity index is 1100. The van der Waals surface area contributed by atoms with Gasteiger partial charge in [-0.05, 0) is 24.3 Å². The van der Waals surface area contributed by atoms with Crippen molar-refractivity contribution in [3.63, 3.8) is 0 Å². The summed E-state index contributed by atoms with van der Waals surface area (Å²) >= 11 is 0. The van der Waals surface area contributed by atoms with Crippen LogP contribution in [0.1, 0.15) is 5.56 Å². The maximum absolute atomic E-state index is 5.54. The summed E-state index contributed by atoms with van der Waals surface area (Å²) in [6.45, 7) is 0.546. The van der Waals surface area contributed by atoms with Crippen LogP contribution in [0.5, 0.6) is 17.2 Å². The van der Waals surface area contributed by atoms with E-state index < -0.39 is 0 Å². The minimum absolute atomic E-state index is 0.546. The summed E-state index contributed by atoms with van der Waals surface area (Å²) < 4.78 is 16.3. The molecule has 0 fully saturated rings. The summed E-state index contributed by atoms with van der Waals surface area (Å²) in [6, 6.07) is 14.1. The number of aromatic amines is 1. The normalized spacial score (nSPS) is 10.9. The summed E-state index contributed by atoms with van der Waals surface area (Å²) in [7, 11) is 4.83. The van der Waals surface area contributed by atoms with E-state index in [1.165, 1.54) is 5.39 Å². The number of fused-ring (bicyclic) bond motifs is 3. The number of nitrogens with one attached hydrogen (secondary N) is 2. The second kappa shape index (κ2) is 7.07. The fourth-order valence-electron chi connectivity index (χ4n) is 3.33. The first-order valence-corrected chi connectivity index (χ1v) is 8.63. The Hall–Kier alpha value is -3.41. The topological polar surface area (TPSA) is 68.4 Å². The van der Waals surface area contributed by atoms with Gasteiger partial charge in [0.15, 0.2) is 11.5 Å². The van der Waals surface area contributed by atoms with Crippen molar-refractivity contribution in [3.05, 3.63) is 54.2 Å². The highest BCUT2D eigenvalue weighted by atomic mass is 16.5. The van der Waals surface area contributed by atoms with Crippen LogP contribution in [0.25, 0.3) is 21.8 Å². The molecule has 4 aromatic rings. The monoisotopic (exact) mass is 363 g/mol. The highest BCUT2D eigenvalue weighted by Gasteiger charge is 2.15. The Morgan fingerprint density at radius 3 is 2.48 bits per heavy atom. The maximum Gasteiger partial charge on any atom is 0.203 e. The molecule has 4 rings (SSSR count). The second-order valence-electron chi connectivity index (χ2n) is 6.13. The summed E-state index contributed by atoms with van der Waals surface area (Å²) in [5, 5.41) is 5.69. The van der Waals surface area contributed by atoms with E-state index in [9.17, 15) is 0 Å². The largest absolute Gasteiger partial charge is 0.493 e. The number of aromatic nitrogens is 2. The van der Waals surface area contributed by atoms with Crippen LogP contribution >= 0.6 is 0 Å². The van der Waals surface area contributed by atoms with Crippen LogP contribution in [0.3, 0.4) is 0 Å². The second-order valence-corrected chi connectivity index (χ2v) is 6.13. The molecule has 138 valence electrons. The van der Waals surface area contributed by atoms with Crippen LogP contribution in [-0.2, 0) is 6.54 Å². The van der Waals surface area contributed by atoms with Gasteiger partial charge in [-0.25, -0.2) is 4.98 Å². The predicted molar refractivity (Wildman–Crippen MR) is 107 cm³/mol. The molecule has 0 aliphatic rings. The van der Waals surface area contributed by atoms with Crippen molar-refractivity contribution < 1.29 is 14.2 Å². The average Bonchev–Trinajstić information content (AvgIpc) is 3.09. The first-order valence-electron chi connectivity index (χ1n) is 8.63. The number of H-pyrrole nitrogens is 1. The first-order chi connectivity index (χ1) is 13.2. The molecule has 6 nitrogen and oxygen atoms in total. The van der Waals surface area contributed by atoms with Gasteiger partial charge in [0.2, 0.25) is 5.75 Å². The number of ether oxygens (including phenoxy) is 3. The van der Waals surface area contributed by atoms with Crippen molar-refractivity contribution in [2.75, 3.05) is 26.6 Å². The van der Waals surface area contributed by atoms with Crippen molar-refractivity contribution in [1.29, 1.82) is 0 Å². The molecule has 27 heavy (non-hydrogen) atoms. The zero-order valence-electron chi connectivity index (χ0n) is 15.5. The van der Waals surface area contributed by atoms with Gasteiger partial charge in [0, 0.05) is 28.4 Å². The van der Waals surface area contributed by atoms with E-state index in [1.807, 2.05) is 30.5 Å². The van der Waals surface area contributed by atoms with Crippen LogP contribution in [0.15, 0.2) is 48.7 Å². The van der Waals surface area contributed by atoms with Crippen molar-refractivity contribution in [1.82, 2.24) is 9.97 Å². The van der Waals surface area contributed by atoms with E-state index in [1.54, 1.807) is 21.3 Å². The smallest absolute Gasteiger partial charge is 0.203 e. The Balaban J connectivity index is 1.64. The molecule has 0 aliphatic heterocycles. The van der Waals surface area contributed by atoms with Gasteiger partial charge < -0.3 is 24.5 Å². The Kier molecular flexibility index (Phi) is 4.46. The molecule has 2 N–H and O–H groups in total. The van der Waals surface area contributed by atoms with Gasteiger partial charge in [0.1, 0.15) is 5.82 Å². The van der Waals surface area contributed by atoms with E-state index in [4.69, 9.17) is 14.2 Å². The first kappa shape index (κ1) is 17.0. The summed E-state index contributed by atoms with van der Waals surface area (Å²) in [5.74, 6) is 2.66. The van der Waals surface area contributed by atoms with Gasteiger partial charge in [-0.1, -0.05) is 18.2 Å². The molecule has 0 atom stereocenters. The Morgan fingerprint density at radius 1 is 0.889 bits per heavy atom. The van der Waals surface area contributed by atoms with E-state index >= 15 is 0 Å². The quantitative estimate of drug-likeness (QED) is 0.533. The molecule has 0 bridgehead atoms. The van der Waals surface area contributed by atoms with E-state index in [2.05, 4.69) is 33.5 Å². The van der Waals surface area contributed by atoms with Crippen molar-refractivity contribution in [3.8, 4) is 17.2 Å². The summed E-state index contributed by atoms with van der Waals surface area (Å²) in [6.07, 6.45) is 1.85. The van der Waals surface area contributed by atoms with Gasteiger partial charge >= 0.3 is 0 Å². The number of nitrogens with zero attached hydrogens (tertiary/aromatic N) is 1. The zero-order chi connectivity index (χ0) is 18.8. The molecule has 6 heteroatoms. The average molecular weight is 363 g/mol. The molecular formula is C21H21N3O3. The number of benzene rings is 2. The van der Waals surface area contributed by atoms with Crippen molar-refractivity contribution in [2.24, 2.45) is 0 Å². The van der Waals surface area contributed by atoms with Crippen molar-refractivity contribution in [2.45, 2.75) is 6.54 Å². The zero-order valence-corrected chi connectivity index (χ0v) is 15.5. The lowest BCUT2D eigenvalue weighted by Crippen LogP contribution is -2.05. The van der Waals surface area contributed by atoms with Gasteiger partial charge in [-0.3, -0.25) is 0 Å². The number of pyridine rings is 1. The third-order valence-corrected chi connectivity index (χ3v) is 4.64. The third kappa shape index (κ3) is 2.99. The Morgan fingerprint density at radius 2 is 1.70 bits per heavy atom. The van der Waals surface area contributed by atoms with Gasteiger partial charge in [-0.2, -0.15) is 0 Å². The van der Waals surface area contributed by atoms with E-state index in [0.717, 1.165) is 27.8 Å².